The van der Waals surface area contributed by atoms with Gasteiger partial charge in [-0.3, -0.25) is 4.90 Å². The number of amides is 1. The van der Waals surface area contributed by atoms with Gasteiger partial charge in [0.25, 0.3) is 0 Å². The number of hydrogen-bond acceptors (Lipinski definition) is 6. The molecule has 1 aromatic heterocycles. The first-order valence-corrected chi connectivity index (χ1v) is 16.5. The Morgan fingerprint density at radius 1 is 0.933 bits per heavy atom. The van der Waals surface area contributed by atoms with E-state index in [2.05, 4.69) is 44.8 Å². The van der Waals surface area contributed by atoms with Gasteiger partial charge in [0.05, 0.1) is 29.6 Å². The van der Waals surface area contributed by atoms with E-state index in [1.54, 1.807) is 0 Å². The topological polar surface area (TPSA) is 92.5 Å². The fourth-order valence-electron chi connectivity index (χ4n) is 6.68. The number of likely N-dealkylation sites (tertiary alicyclic amines) is 1. The molecule has 1 amide bonds. The van der Waals surface area contributed by atoms with Gasteiger partial charge in [0.1, 0.15) is 6.10 Å². The number of halogens is 1. The van der Waals surface area contributed by atoms with Crippen LogP contribution >= 0.6 is 11.6 Å². The Morgan fingerprint density at radius 3 is 2.20 bits per heavy atom. The van der Waals surface area contributed by atoms with E-state index < -0.39 is 5.60 Å². The maximum absolute atomic E-state index is 13.2. The molecule has 0 spiro atoms. The lowest BCUT2D eigenvalue weighted by molar-refractivity contribution is -0.0279. The van der Waals surface area contributed by atoms with Crippen molar-refractivity contribution < 1.29 is 14.6 Å². The van der Waals surface area contributed by atoms with Gasteiger partial charge in [0.15, 0.2) is 0 Å². The number of rotatable bonds is 11. The van der Waals surface area contributed by atoms with Crippen LogP contribution in [0.5, 0.6) is 0 Å². The molecule has 0 radical (unpaired) electrons. The summed E-state index contributed by atoms with van der Waals surface area (Å²) in [7, 11) is 0. The number of aromatic nitrogens is 3. The number of alkyl carbamates (subject to hydrolysis) is 1. The first kappa shape index (κ1) is 31.3. The van der Waals surface area contributed by atoms with Gasteiger partial charge in [0.2, 0.25) is 0 Å². The molecule has 2 fully saturated rings. The summed E-state index contributed by atoms with van der Waals surface area (Å²) in [6.45, 7) is 2.12. The monoisotopic (exact) mass is 627 g/mol. The Kier molecular flexibility index (Phi) is 10.1. The van der Waals surface area contributed by atoms with E-state index in [-0.39, 0.29) is 24.3 Å². The Hall–Kier alpha value is -3.72. The molecule has 8 nitrogen and oxygen atoms in total. The summed E-state index contributed by atoms with van der Waals surface area (Å²) in [6, 6.07) is 27.6. The van der Waals surface area contributed by atoms with E-state index in [0.717, 1.165) is 61.2 Å². The van der Waals surface area contributed by atoms with Crippen LogP contribution in [0.2, 0.25) is 5.02 Å². The van der Waals surface area contributed by atoms with Gasteiger partial charge < -0.3 is 15.2 Å². The van der Waals surface area contributed by atoms with E-state index >= 15 is 0 Å². The highest BCUT2D eigenvalue weighted by atomic mass is 35.5. The first-order valence-electron chi connectivity index (χ1n) is 16.1. The van der Waals surface area contributed by atoms with Crippen LogP contribution in [0.25, 0.3) is 0 Å². The van der Waals surface area contributed by atoms with Crippen LogP contribution in [0.4, 0.5) is 4.79 Å². The van der Waals surface area contributed by atoms with E-state index in [0.29, 0.717) is 37.3 Å². The second-order valence-electron chi connectivity index (χ2n) is 12.5. The molecule has 0 bridgehead atoms. The molecule has 1 aliphatic heterocycles. The molecule has 1 saturated heterocycles. The van der Waals surface area contributed by atoms with Gasteiger partial charge in [-0.05, 0) is 80.2 Å². The van der Waals surface area contributed by atoms with Crippen LogP contribution in [0.3, 0.4) is 0 Å². The van der Waals surface area contributed by atoms with Gasteiger partial charge in [-0.15, -0.1) is 5.10 Å². The highest BCUT2D eigenvalue weighted by Crippen LogP contribution is 2.34. The van der Waals surface area contributed by atoms with Crippen LogP contribution in [0.1, 0.15) is 67.0 Å². The molecular formula is C36H42ClN5O3. The smallest absolute Gasteiger partial charge is 0.407 e. The molecule has 9 heteroatoms. The molecule has 2 atom stereocenters. The van der Waals surface area contributed by atoms with Crippen LogP contribution in [-0.2, 0) is 29.7 Å². The number of piperidine rings is 1. The minimum atomic E-state index is -0.858. The van der Waals surface area contributed by atoms with E-state index in [1.165, 1.54) is 0 Å². The summed E-state index contributed by atoms with van der Waals surface area (Å²) in [5.74, 6) is 0. The minimum Gasteiger partial charge on any atom is -0.446 e. The predicted molar refractivity (Wildman–Crippen MR) is 175 cm³/mol. The third kappa shape index (κ3) is 8.31. The normalized spacial score (nSPS) is 18.4. The van der Waals surface area contributed by atoms with Gasteiger partial charge in [-0.25, -0.2) is 9.48 Å². The molecule has 1 saturated carbocycles. The summed E-state index contributed by atoms with van der Waals surface area (Å²) >= 11 is 6.07. The number of carbonyl (C=O) groups is 1. The third-order valence-electron chi connectivity index (χ3n) is 9.28. The molecule has 2 aliphatic rings. The van der Waals surface area contributed by atoms with Crippen molar-refractivity contribution in [1.29, 1.82) is 0 Å². The molecule has 4 aromatic rings. The zero-order valence-electron chi connectivity index (χ0n) is 25.6. The van der Waals surface area contributed by atoms with Crippen molar-refractivity contribution in [3.05, 3.63) is 119 Å². The number of ether oxygens (including phenoxy) is 1. The highest BCUT2D eigenvalue weighted by Gasteiger charge is 2.34. The van der Waals surface area contributed by atoms with Crippen molar-refractivity contribution in [1.82, 2.24) is 25.2 Å². The molecule has 236 valence electrons. The Balaban J connectivity index is 1.19. The second-order valence-corrected chi connectivity index (χ2v) is 13.0. The SMILES string of the molecule is O=C(N[C@@H](Cc1ccccc1)[C@H](Cc1ccccc1)n1cc(CN2CCC(O)(c3ccc(Cl)cc3)CC2)nn1)OC1CCCC1. The van der Waals surface area contributed by atoms with Crippen molar-refractivity contribution in [2.75, 3.05) is 13.1 Å². The minimum absolute atomic E-state index is 0.0187. The quantitative estimate of drug-likeness (QED) is 0.198. The molecule has 1 aliphatic carbocycles. The second kappa shape index (κ2) is 14.6. The standard InChI is InChI=1S/C36H42ClN5O3/c37-30-17-15-29(16-18-30)36(44)19-21-41(22-20-36)25-31-26-42(40-39-31)34(24-28-11-5-2-6-12-28)33(23-27-9-3-1-4-10-27)38-35(43)45-32-13-7-8-14-32/h1-6,9-12,15-18,26,32-34,44H,7-8,13-14,19-25H2,(H,38,43)/t33-,34-/m0/s1. The van der Waals surface area contributed by atoms with E-state index in [1.807, 2.05) is 71.5 Å². The molecule has 0 unspecified atom stereocenters. The fourth-order valence-corrected chi connectivity index (χ4v) is 6.80. The summed E-state index contributed by atoms with van der Waals surface area (Å²) in [5, 5.41) is 24.4. The Labute approximate surface area is 270 Å². The number of carbonyl (C=O) groups excluding carboxylic acids is 1. The van der Waals surface area contributed by atoms with Crippen LogP contribution in [0, 0.1) is 0 Å². The van der Waals surface area contributed by atoms with Gasteiger partial charge >= 0.3 is 6.09 Å². The Morgan fingerprint density at radius 2 is 1.56 bits per heavy atom. The predicted octanol–water partition coefficient (Wildman–Crippen LogP) is 6.48. The van der Waals surface area contributed by atoms with E-state index in [4.69, 9.17) is 16.3 Å². The van der Waals surface area contributed by atoms with Crippen molar-refractivity contribution in [3.8, 4) is 0 Å². The lowest BCUT2D eigenvalue weighted by atomic mass is 9.84. The number of hydrogen-bond donors (Lipinski definition) is 2. The molecule has 2 heterocycles. The van der Waals surface area contributed by atoms with Crippen LogP contribution < -0.4 is 5.32 Å². The van der Waals surface area contributed by atoms with Gasteiger partial charge in [-0.1, -0.05) is 89.6 Å². The average Bonchev–Trinajstić information content (AvgIpc) is 3.74. The molecule has 2 N–H and O–H groups in total. The number of nitrogens with one attached hydrogen (secondary N) is 1. The van der Waals surface area contributed by atoms with Gasteiger partial charge in [-0.2, -0.15) is 0 Å². The summed E-state index contributed by atoms with van der Waals surface area (Å²) in [4.78, 5) is 15.5. The maximum atomic E-state index is 13.2. The van der Waals surface area contributed by atoms with Crippen molar-refractivity contribution in [2.24, 2.45) is 0 Å². The van der Waals surface area contributed by atoms with E-state index in [9.17, 15) is 9.90 Å². The highest BCUT2D eigenvalue weighted by molar-refractivity contribution is 6.30. The molecule has 3 aromatic carbocycles. The molecular weight excluding hydrogens is 586 g/mol. The maximum Gasteiger partial charge on any atom is 0.407 e. The molecule has 6 rings (SSSR count). The largest absolute Gasteiger partial charge is 0.446 e. The molecule has 45 heavy (non-hydrogen) atoms. The van der Waals surface area contributed by atoms with Gasteiger partial charge in [0, 0.05) is 24.7 Å². The lowest BCUT2D eigenvalue weighted by Gasteiger charge is -2.38. The summed E-state index contributed by atoms with van der Waals surface area (Å²) in [6.07, 6.45) is 8.21. The lowest BCUT2D eigenvalue weighted by Crippen LogP contribution is -2.45. The average molecular weight is 628 g/mol. The fraction of sp³-hybridized carbons (Fsp3) is 0.417. The number of aliphatic hydroxyl groups is 1. The summed E-state index contributed by atoms with van der Waals surface area (Å²) in [5.41, 5.74) is 3.19. The number of nitrogens with zero attached hydrogens (tertiary/aromatic N) is 4. The Bertz CT molecular complexity index is 1500. The number of benzene rings is 3. The summed E-state index contributed by atoms with van der Waals surface area (Å²) < 4.78 is 7.76. The van der Waals surface area contributed by atoms with Crippen LogP contribution in [0.15, 0.2) is 91.1 Å². The van der Waals surface area contributed by atoms with Crippen molar-refractivity contribution in [3.63, 3.8) is 0 Å². The zero-order valence-corrected chi connectivity index (χ0v) is 26.4. The van der Waals surface area contributed by atoms with Crippen molar-refractivity contribution in [2.45, 2.75) is 81.7 Å². The van der Waals surface area contributed by atoms with Crippen molar-refractivity contribution >= 4 is 17.7 Å². The van der Waals surface area contributed by atoms with Crippen LogP contribution in [-0.4, -0.2) is 56.3 Å². The first-order chi connectivity index (χ1) is 21.9. The zero-order chi connectivity index (χ0) is 31.1. The third-order valence-corrected chi connectivity index (χ3v) is 9.53.